The topological polar surface area (TPSA) is 84.8 Å². The Kier molecular flexibility index (Phi) is 7.16. The quantitative estimate of drug-likeness (QED) is 0.343. The van der Waals surface area contributed by atoms with E-state index in [4.69, 9.17) is 28.6 Å². The first-order chi connectivity index (χ1) is 16.0. The van der Waals surface area contributed by atoms with Crippen LogP contribution in [0.4, 0.5) is 0 Å². The van der Waals surface area contributed by atoms with E-state index in [0.29, 0.717) is 28.0 Å². The van der Waals surface area contributed by atoms with Crippen molar-refractivity contribution in [1.29, 1.82) is 0 Å². The van der Waals surface area contributed by atoms with Crippen LogP contribution in [0.3, 0.4) is 0 Å². The van der Waals surface area contributed by atoms with Crippen molar-refractivity contribution in [3.8, 4) is 17.1 Å². The predicted molar refractivity (Wildman–Crippen MR) is 129 cm³/mol. The summed E-state index contributed by atoms with van der Waals surface area (Å²) in [6.07, 6.45) is 1.73. The third kappa shape index (κ3) is 5.85. The molecule has 2 aromatic heterocycles. The molecule has 0 spiro atoms. The van der Waals surface area contributed by atoms with Crippen molar-refractivity contribution < 1.29 is 9.53 Å². The third-order valence-corrected chi connectivity index (χ3v) is 5.57. The smallest absolute Gasteiger partial charge is 0.240 e. The van der Waals surface area contributed by atoms with Crippen molar-refractivity contribution in [3.63, 3.8) is 0 Å². The highest BCUT2D eigenvalue weighted by Crippen LogP contribution is 2.22. The average molecular weight is 480 g/mol. The van der Waals surface area contributed by atoms with Gasteiger partial charge in [0.15, 0.2) is 10.6 Å². The summed E-state index contributed by atoms with van der Waals surface area (Å²) < 4.78 is 7.87. The van der Waals surface area contributed by atoms with Crippen LogP contribution >= 0.6 is 23.8 Å². The van der Waals surface area contributed by atoms with Gasteiger partial charge < -0.3 is 10.1 Å². The van der Waals surface area contributed by atoms with Gasteiger partial charge in [0.25, 0.3) is 0 Å². The minimum absolute atomic E-state index is 0.0352. The van der Waals surface area contributed by atoms with Gasteiger partial charge in [-0.25, -0.2) is 0 Å². The first-order valence-corrected chi connectivity index (χ1v) is 11.1. The van der Waals surface area contributed by atoms with E-state index in [9.17, 15) is 4.79 Å². The van der Waals surface area contributed by atoms with Gasteiger partial charge in [-0.2, -0.15) is 5.10 Å². The first-order valence-electron chi connectivity index (χ1n) is 10.3. The lowest BCUT2D eigenvalue weighted by Gasteiger charge is -2.16. The molecular formula is C24H22ClN5O2S. The highest BCUT2D eigenvalue weighted by Gasteiger charge is 2.15. The standard InChI is InChI=1S/C24H22ClN5O2S/c1-16(18-5-4-7-21(13-18)32-15-20-6-2-3-12-26-20)27-22(31)14-30-23(28-29-24(30)33)17-8-10-19(25)11-9-17/h2-13,16H,14-15H2,1H3,(H,27,31)(H,29,33). The number of hydrogen-bond donors (Lipinski definition) is 2. The second kappa shape index (κ2) is 10.4. The fraction of sp³-hybridized carbons (Fsp3) is 0.167. The van der Waals surface area contributed by atoms with E-state index in [1.54, 1.807) is 22.9 Å². The Morgan fingerprint density at radius 2 is 2.00 bits per heavy atom. The number of amides is 1. The molecule has 0 saturated carbocycles. The number of nitrogens with zero attached hydrogens (tertiary/aromatic N) is 3. The molecular weight excluding hydrogens is 458 g/mol. The molecule has 2 aromatic carbocycles. The molecule has 1 atom stereocenters. The Labute approximate surface area is 201 Å². The zero-order chi connectivity index (χ0) is 23.2. The van der Waals surface area contributed by atoms with E-state index < -0.39 is 0 Å². The second-order valence-corrected chi connectivity index (χ2v) is 8.24. The van der Waals surface area contributed by atoms with Crippen LogP contribution in [0.5, 0.6) is 5.75 Å². The first kappa shape index (κ1) is 22.7. The molecule has 0 bridgehead atoms. The SMILES string of the molecule is CC(NC(=O)Cn1c(-c2ccc(Cl)cc2)n[nH]c1=S)c1cccc(OCc2ccccn2)c1. The van der Waals surface area contributed by atoms with E-state index in [2.05, 4.69) is 20.5 Å². The number of rotatable bonds is 8. The second-order valence-electron chi connectivity index (χ2n) is 7.42. The van der Waals surface area contributed by atoms with Crippen LogP contribution in [0.2, 0.25) is 5.02 Å². The number of halogens is 1. The van der Waals surface area contributed by atoms with E-state index in [0.717, 1.165) is 16.8 Å². The van der Waals surface area contributed by atoms with Crippen LogP contribution in [0.25, 0.3) is 11.4 Å². The fourth-order valence-electron chi connectivity index (χ4n) is 3.31. The van der Waals surface area contributed by atoms with Crippen LogP contribution in [-0.2, 0) is 17.9 Å². The molecule has 33 heavy (non-hydrogen) atoms. The zero-order valence-electron chi connectivity index (χ0n) is 17.9. The van der Waals surface area contributed by atoms with Crippen LogP contribution in [-0.4, -0.2) is 25.7 Å². The van der Waals surface area contributed by atoms with Gasteiger partial charge in [-0.3, -0.25) is 19.4 Å². The van der Waals surface area contributed by atoms with Crippen molar-refractivity contribution in [2.75, 3.05) is 0 Å². The Hall–Kier alpha value is -3.49. The van der Waals surface area contributed by atoms with E-state index >= 15 is 0 Å². The monoisotopic (exact) mass is 479 g/mol. The predicted octanol–water partition coefficient (Wildman–Crippen LogP) is 5.11. The van der Waals surface area contributed by atoms with Gasteiger partial charge in [0, 0.05) is 16.8 Å². The summed E-state index contributed by atoms with van der Waals surface area (Å²) in [7, 11) is 0. The molecule has 0 saturated heterocycles. The minimum Gasteiger partial charge on any atom is -0.487 e. The van der Waals surface area contributed by atoms with Crippen molar-refractivity contribution in [1.82, 2.24) is 25.1 Å². The number of carbonyl (C=O) groups excluding carboxylic acids is 1. The molecule has 0 fully saturated rings. The van der Waals surface area contributed by atoms with Gasteiger partial charge in [0.05, 0.1) is 11.7 Å². The molecule has 168 valence electrons. The summed E-state index contributed by atoms with van der Waals surface area (Å²) in [4.78, 5) is 17.1. The summed E-state index contributed by atoms with van der Waals surface area (Å²) in [6.45, 7) is 2.33. The van der Waals surface area contributed by atoms with Crippen molar-refractivity contribution in [2.24, 2.45) is 0 Å². The van der Waals surface area contributed by atoms with Gasteiger partial charge >= 0.3 is 0 Å². The Bertz CT molecular complexity index is 1290. The molecule has 1 amide bonds. The molecule has 0 aliphatic rings. The van der Waals surface area contributed by atoms with E-state index in [-0.39, 0.29) is 18.5 Å². The summed E-state index contributed by atoms with van der Waals surface area (Å²) in [5.74, 6) is 1.10. The number of hydrogen-bond acceptors (Lipinski definition) is 5. The summed E-state index contributed by atoms with van der Waals surface area (Å²) in [6, 6.07) is 20.3. The third-order valence-electron chi connectivity index (χ3n) is 5.01. The molecule has 2 N–H and O–H groups in total. The van der Waals surface area contributed by atoms with Crippen LogP contribution < -0.4 is 10.1 Å². The molecule has 4 rings (SSSR count). The number of ether oxygens (including phenoxy) is 1. The van der Waals surface area contributed by atoms with Crippen LogP contribution in [0, 0.1) is 4.77 Å². The minimum atomic E-state index is -0.226. The lowest BCUT2D eigenvalue weighted by Crippen LogP contribution is -2.30. The average Bonchev–Trinajstić information content (AvgIpc) is 3.19. The summed E-state index contributed by atoms with van der Waals surface area (Å²) >= 11 is 11.3. The Morgan fingerprint density at radius 1 is 1.18 bits per heavy atom. The summed E-state index contributed by atoms with van der Waals surface area (Å²) in [5, 5.41) is 10.7. The molecule has 0 aliphatic heterocycles. The van der Waals surface area contributed by atoms with Gasteiger partial charge in [-0.15, -0.1) is 0 Å². The van der Waals surface area contributed by atoms with Gasteiger partial charge in [-0.05, 0) is 73.2 Å². The van der Waals surface area contributed by atoms with Gasteiger partial charge in [0.1, 0.15) is 18.9 Å². The van der Waals surface area contributed by atoms with Crippen molar-refractivity contribution in [2.45, 2.75) is 26.1 Å². The molecule has 7 nitrogen and oxygen atoms in total. The normalized spacial score (nSPS) is 11.7. The Morgan fingerprint density at radius 3 is 2.76 bits per heavy atom. The molecule has 4 aromatic rings. The number of aromatic nitrogens is 4. The van der Waals surface area contributed by atoms with Crippen molar-refractivity contribution in [3.05, 3.63) is 94.0 Å². The molecule has 1 unspecified atom stereocenters. The number of nitrogens with one attached hydrogen (secondary N) is 2. The number of carbonyl (C=O) groups is 1. The maximum atomic E-state index is 12.8. The van der Waals surface area contributed by atoms with E-state index in [1.807, 2.05) is 61.5 Å². The number of pyridine rings is 1. The largest absolute Gasteiger partial charge is 0.487 e. The maximum absolute atomic E-state index is 12.8. The molecule has 0 radical (unpaired) electrons. The lowest BCUT2D eigenvalue weighted by molar-refractivity contribution is -0.122. The van der Waals surface area contributed by atoms with Crippen molar-refractivity contribution >= 4 is 29.7 Å². The van der Waals surface area contributed by atoms with Crippen LogP contribution in [0.1, 0.15) is 24.2 Å². The molecule has 9 heteroatoms. The highest BCUT2D eigenvalue weighted by atomic mass is 35.5. The maximum Gasteiger partial charge on any atom is 0.240 e. The zero-order valence-corrected chi connectivity index (χ0v) is 19.4. The fourth-order valence-corrected chi connectivity index (χ4v) is 3.63. The number of aromatic amines is 1. The van der Waals surface area contributed by atoms with E-state index in [1.165, 1.54) is 0 Å². The van der Waals surface area contributed by atoms with Gasteiger partial charge in [-0.1, -0.05) is 29.8 Å². The highest BCUT2D eigenvalue weighted by molar-refractivity contribution is 7.71. The number of benzene rings is 2. The molecule has 0 aliphatic carbocycles. The summed E-state index contributed by atoms with van der Waals surface area (Å²) in [5.41, 5.74) is 2.58. The molecule has 2 heterocycles. The lowest BCUT2D eigenvalue weighted by atomic mass is 10.1. The Balaban J connectivity index is 1.41. The van der Waals surface area contributed by atoms with Crippen LogP contribution in [0.15, 0.2) is 72.9 Å². The van der Waals surface area contributed by atoms with Gasteiger partial charge in [0.2, 0.25) is 5.91 Å². The number of H-pyrrole nitrogens is 1.